The van der Waals surface area contributed by atoms with E-state index in [9.17, 15) is 0 Å². The van der Waals surface area contributed by atoms with Crippen molar-refractivity contribution in [3.8, 4) is 0 Å². The van der Waals surface area contributed by atoms with Gasteiger partial charge in [-0.1, -0.05) is 19.8 Å². The Morgan fingerprint density at radius 1 is 1.63 bits per heavy atom. The summed E-state index contributed by atoms with van der Waals surface area (Å²) in [6.07, 6.45) is 5.08. The van der Waals surface area contributed by atoms with Gasteiger partial charge in [0.05, 0.1) is 18.7 Å². The monoisotopic (exact) mass is 268 g/mol. The highest BCUT2D eigenvalue weighted by atomic mass is 16.5. The molecule has 1 aromatic rings. The van der Waals surface area contributed by atoms with Gasteiger partial charge in [0.2, 0.25) is 0 Å². The Balaban J connectivity index is 2.13. The first-order valence-corrected chi connectivity index (χ1v) is 6.84. The molecule has 3 unspecified atom stereocenters. The fraction of sp³-hybridized carbons (Fsp3) is 0.917. The van der Waals surface area contributed by atoms with Crippen molar-refractivity contribution in [1.82, 2.24) is 25.6 Å². The quantitative estimate of drug-likeness (QED) is 0.585. The summed E-state index contributed by atoms with van der Waals surface area (Å²) in [6.45, 7) is 2.26. The lowest BCUT2D eigenvalue weighted by Gasteiger charge is -2.44. The number of tetrazole rings is 1. The molecule has 1 saturated carbocycles. The summed E-state index contributed by atoms with van der Waals surface area (Å²) in [5, 5.41) is 12.1. The molecule has 0 amide bonds. The molecule has 108 valence electrons. The van der Waals surface area contributed by atoms with Crippen LogP contribution in [-0.2, 0) is 18.2 Å². The first-order valence-electron chi connectivity index (χ1n) is 6.84. The lowest BCUT2D eigenvalue weighted by atomic mass is 9.74. The van der Waals surface area contributed by atoms with Crippen molar-refractivity contribution in [2.75, 3.05) is 7.11 Å². The summed E-state index contributed by atoms with van der Waals surface area (Å²) in [7, 11) is 3.53. The molecule has 2 rings (SSSR count). The Bertz CT molecular complexity index is 409. The van der Waals surface area contributed by atoms with E-state index in [2.05, 4.69) is 27.8 Å². The molecule has 0 bridgehead atoms. The van der Waals surface area contributed by atoms with Gasteiger partial charge in [0.1, 0.15) is 0 Å². The number of ether oxygens (including phenoxy) is 1. The average Bonchev–Trinajstić information content (AvgIpc) is 2.81. The van der Waals surface area contributed by atoms with Crippen molar-refractivity contribution in [3.05, 3.63) is 5.82 Å². The molecule has 1 aliphatic carbocycles. The van der Waals surface area contributed by atoms with E-state index in [-0.39, 0.29) is 11.6 Å². The Hall–Kier alpha value is -1.05. The van der Waals surface area contributed by atoms with E-state index in [0.717, 1.165) is 12.8 Å². The van der Waals surface area contributed by atoms with Crippen LogP contribution < -0.4 is 11.3 Å². The van der Waals surface area contributed by atoms with Gasteiger partial charge in [0.25, 0.3) is 0 Å². The number of hydrazine groups is 1. The maximum absolute atomic E-state index is 5.86. The van der Waals surface area contributed by atoms with Crippen molar-refractivity contribution < 1.29 is 4.74 Å². The second kappa shape index (κ2) is 5.94. The van der Waals surface area contributed by atoms with Crippen molar-refractivity contribution in [3.63, 3.8) is 0 Å². The molecule has 7 nitrogen and oxygen atoms in total. The smallest absolute Gasteiger partial charge is 0.176 e. The van der Waals surface area contributed by atoms with Gasteiger partial charge < -0.3 is 4.74 Å². The number of aryl methyl sites for hydroxylation is 1. The zero-order valence-corrected chi connectivity index (χ0v) is 12.0. The Morgan fingerprint density at radius 2 is 2.42 bits per heavy atom. The number of nitrogens with one attached hydrogen (secondary N) is 1. The van der Waals surface area contributed by atoms with Crippen LogP contribution in [0.15, 0.2) is 0 Å². The molecule has 19 heavy (non-hydrogen) atoms. The van der Waals surface area contributed by atoms with Gasteiger partial charge in [0, 0.05) is 13.5 Å². The van der Waals surface area contributed by atoms with Crippen LogP contribution in [0.1, 0.15) is 38.4 Å². The number of nitrogens with zero attached hydrogens (tertiary/aromatic N) is 4. The molecule has 1 heterocycles. The van der Waals surface area contributed by atoms with Gasteiger partial charge in [-0.25, -0.2) is 0 Å². The van der Waals surface area contributed by atoms with Gasteiger partial charge in [-0.3, -0.25) is 11.3 Å². The largest absolute Gasteiger partial charge is 0.377 e. The van der Waals surface area contributed by atoms with E-state index in [0.29, 0.717) is 18.2 Å². The normalized spacial score (nSPS) is 29.4. The molecule has 1 fully saturated rings. The van der Waals surface area contributed by atoms with Crippen LogP contribution in [0, 0.1) is 5.92 Å². The third kappa shape index (κ3) is 3.10. The van der Waals surface area contributed by atoms with E-state index in [1.165, 1.54) is 17.6 Å². The fourth-order valence-electron chi connectivity index (χ4n) is 3.17. The van der Waals surface area contributed by atoms with Crippen LogP contribution in [0.5, 0.6) is 0 Å². The van der Waals surface area contributed by atoms with E-state index in [1.54, 1.807) is 14.2 Å². The predicted octanol–water partition coefficient (Wildman–Crippen LogP) is 0.180. The Labute approximate surface area is 113 Å². The van der Waals surface area contributed by atoms with Gasteiger partial charge in [-0.15, -0.1) is 10.2 Å². The summed E-state index contributed by atoms with van der Waals surface area (Å²) in [5.74, 6) is 7.10. The number of nitrogens with two attached hydrogens (primary N) is 1. The maximum atomic E-state index is 5.86. The van der Waals surface area contributed by atoms with Crippen molar-refractivity contribution in [2.45, 2.75) is 50.7 Å². The molecule has 1 aromatic heterocycles. The molecule has 3 N–H and O–H groups in total. The minimum Gasteiger partial charge on any atom is -0.377 e. The Kier molecular flexibility index (Phi) is 4.49. The van der Waals surface area contributed by atoms with Gasteiger partial charge in [-0.05, 0) is 24.0 Å². The first kappa shape index (κ1) is 14.4. The van der Waals surface area contributed by atoms with Crippen LogP contribution in [0.4, 0.5) is 0 Å². The lowest BCUT2D eigenvalue weighted by molar-refractivity contribution is -0.0795. The maximum Gasteiger partial charge on any atom is 0.176 e. The van der Waals surface area contributed by atoms with Crippen LogP contribution >= 0.6 is 0 Å². The number of hydrogen-bond donors (Lipinski definition) is 2. The number of aromatic nitrogens is 4. The minimum absolute atomic E-state index is 0.00412. The third-order valence-electron chi connectivity index (χ3n) is 4.17. The number of rotatable bonds is 5. The highest BCUT2D eigenvalue weighted by Gasteiger charge is 2.42. The SMILES string of the molecule is COC1(C(Cc2nnn(C)n2)NN)CCCC(C)C1. The summed E-state index contributed by atoms with van der Waals surface area (Å²) < 4.78 is 5.86. The third-order valence-corrected chi connectivity index (χ3v) is 4.17. The molecule has 0 radical (unpaired) electrons. The summed E-state index contributed by atoms with van der Waals surface area (Å²) in [6, 6.07) is 0.00412. The molecule has 3 atom stereocenters. The predicted molar refractivity (Wildman–Crippen MR) is 71.0 cm³/mol. The zero-order valence-electron chi connectivity index (χ0n) is 12.0. The van der Waals surface area contributed by atoms with E-state index in [1.807, 2.05) is 0 Å². The van der Waals surface area contributed by atoms with Crippen molar-refractivity contribution in [1.29, 1.82) is 0 Å². The standard InChI is InChI=1S/C12H24N6O/c1-9-5-4-6-12(8-9,19-3)10(14-13)7-11-15-17-18(2)16-11/h9-10,14H,4-8,13H2,1-3H3. The average molecular weight is 268 g/mol. The van der Waals surface area contributed by atoms with Gasteiger partial charge in [-0.2, -0.15) is 4.80 Å². The lowest BCUT2D eigenvalue weighted by Crippen LogP contribution is -2.57. The van der Waals surface area contributed by atoms with E-state index >= 15 is 0 Å². The van der Waals surface area contributed by atoms with Crippen molar-refractivity contribution in [2.24, 2.45) is 18.8 Å². The molecule has 1 aliphatic rings. The molecule has 0 aromatic carbocycles. The highest BCUT2D eigenvalue weighted by Crippen LogP contribution is 2.37. The van der Waals surface area contributed by atoms with Crippen LogP contribution in [0.2, 0.25) is 0 Å². The van der Waals surface area contributed by atoms with Crippen molar-refractivity contribution >= 4 is 0 Å². The second-order valence-electron chi connectivity index (χ2n) is 5.59. The van der Waals surface area contributed by atoms with Gasteiger partial charge in [0.15, 0.2) is 5.82 Å². The van der Waals surface area contributed by atoms with E-state index in [4.69, 9.17) is 10.6 Å². The van der Waals surface area contributed by atoms with Crippen LogP contribution in [0.25, 0.3) is 0 Å². The number of methoxy groups -OCH3 is 1. The topological polar surface area (TPSA) is 90.9 Å². The summed E-state index contributed by atoms with van der Waals surface area (Å²) in [4.78, 5) is 1.46. The second-order valence-corrected chi connectivity index (χ2v) is 5.59. The molecular formula is C12H24N6O. The summed E-state index contributed by atoms with van der Waals surface area (Å²) in [5.41, 5.74) is 2.67. The molecular weight excluding hydrogens is 244 g/mol. The summed E-state index contributed by atoms with van der Waals surface area (Å²) >= 11 is 0. The molecule has 0 aliphatic heterocycles. The first-order chi connectivity index (χ1) is 9.09. The molecule has 7 heteroatoms. The van der Waals surface area contributed by atoms with E-state index < -0.39 is 0 Å². The molecule has 0 saturated heterocycles. The minimum atomic E-state index is -0.231. The zero-order chi connectivity index (χ0) is 13.9. The fourth-order valence-corrected chi connectivity index (χ4v) is 3.17. The van der Waals surface area contributed by atoms with Crippen LogP contribution in [0.3, 0.4) is 0 Å². The van der Waals surface area contributed by atoms with Crippen LogP contribution in [-0.4, -0.2) is 39.0 Å². The Morgan fingerprint density at radius 3 is 2.95 bits per heavy atom. The number of hydrogen-bond acceptors (Lipinski definition) is 6. The van der Waals surface area contributed by atoms with Gasteiger partial charge >= 0.3 is 0 Å². The molecule has 0 spiro atoms. The highest BCUT2D eigenvalue weighted by molar-refractivity contribution is 5.00.